The lowest BCUT2D eigenvalue weighted by molar-refractivity contribution is -0.135. The number of halogens is 1. The molecule has 3 rings (SSSR count). The van der Waals surface area contributed by atoms with Crippen molar-refractivity contribution < 1.29 is 26.1 Å². The molecule has 1 aromatic heterocycles. The number of amides is 2. The normalized spacial score (nSPS) is 19.0. The highest BCUT2D eigenvalue weighted by atomic mass is 32.3. The number of aromatic nitrogens is 2. The molecule has 1 aromatic carbocycles. The first-order valence-electron chi connectivity index (χ1n) is 6.71. The highest BCUT2D eigenvalue weighted by Gasteiger charge is 2.30. The fourth-order valence-electron chi connectivity index (χ4n) is 2.60. The van der Waals surface area contributed by atoms with E-state index in [9.17, 15) is 21.9 Å². The summed E-state index contributed by atoms with van der Waals surface area (Å²) in [6.07, 6.45) is 0.444. The number of carbonyl (C=O) groups excluding carboxylic acids is 2. The van der Waals surface area contributed by atoms with Gasteiger partial charge in [0.05, 0.1) is 11.2 Å². The number of benzene rings is 1. The third-order valence-electron chi connectivity index (χ3n) is 3.56. The van der Waals surface area contributed by atoms with Crippen LogP contribution in [0.3, 0.4) is 0 Å². The zero-order valence-electron chi connectivity index (χ0n) is 11.9. The number of nitrogens with one attached hydrogen (secondary N) is 1. The number of piperidine rings is 1. The van der Waals surface area contributed by atoms with Gasteiger partial charge < -0.3 is 4.18 Å². The maximum Gasteiger partial charge on any atom is 0.488 e. The Morgan fingerprint density at radius 2 is 2.13 bits per heavy atom. The molecular weight excluding hydrogens is 329 g/mol. The molecule has 0 spiro atoms. The van der Waals surface area contributed by atoms with Gasteiger partial charge in [0, 0.05) is 17.9 Å². The highest BCUT2D eigenvalue weighted by molar-refractivity contribution is 7.81. The predicted molar refractivity (Wildman–Crippen MR) is 76.5 cm³/mol. The second-order valence-electron chi connectivity index (χ2n) is 5.15. The monoisotopic (exact) mass is 341 g/mol. The second-order valence-corrected chi connectivity index (χ2v) is 6.11. The zero-order valence-corrected chi connectivity index (χ0v) is 12.8. The van der Waals surface area contributed by atoms with Gasteiger partial charge in [-0.3, -0.25) is 19.6 Å². The summed E-state index contributed by atoms with van der Waals surface area (Å²) in [6.45, 7) is 1.72. The van der Waals surface area contributed by atoms with Crippen molar-refractivity contribution in [3.05, 3.63) is 23.9 Å². The number of nitrogens with zero attached hydrogens (tertiary/aromatic N) is 2. The standard InChI is InChI=1S/C13H12FN3O5S/c1-7-9-3-2-8(22-23(14,20)21)6-11(9)17(16-7)10-4-5-12(18)15-13(10)19/h2-3,6,10H,4-5H2,1H3,(H,15,18,19). The minimum Gasteiger partial charge on any atom is -0.358 e. The molecule has 1 saturated heterocycles. The Morgan fingerprint density at radius 3 is 2.78 bits per heavy atom. The van der Waals surface area contributed by atoms with Crippen LogP contribution in [0.2, 0.25) is 0 Å². The minimum absolute atomic E-state index is 0.172. The van der Waals surface area contributed by atoms with Gasteiger partial charge in [-0.2, -0.15) is 13.5 Å². The van der Waals surface area contributed by atoms with Gasteiger partial charge >= 0.3 is 10.5 Å². The molecule has 2 aromatic rings. The van der Waals surface area contributed by atoms with Gasteiger partial charge in [0.2, 0.25) is 5.91 Å². The van der Waals surface area contributed by atoms with Crippen LogP contribution < -0.4 is 9.50 Å². The van der Waals surface area contributed by atoms with Crippen molar-refractivity contribution in [2.24, 2.45) is 0 Å². The fraction of sp³-hybridized carbons (Fsp3) is 0.308. The molecule has 0 radical (unpaired) electrons. The van der Waals surface area contributed by atoms with Crippen LogP contribution in [0, 0.1) is 6.92 Å². The van der Waals surface area contributed by atoms with E-state index in [0.717, 1.165) is 0 Å². The van der Waals surface area contributed by atoms with Crippen molar-refractivity contribution in [2.45, 2.75) is 25.8 Å². The lowest BCUT2D eigenvalue weighted by Crippen LogP contribution is -2.42. The molecule has 23 heavy (non-hydrogen) atoms. The maximum atomic E-state index is 12.7. The summed E-state index contributed by atoms with van der Waals surface area (Å²) in [6, 6.07) is 3.40. The number of fused-ring (bicyclic) bond motifs is 1. The quantitative estimate of drug-likeness (QED) is 0.657. The van der Waals surface area contributed by atoms with Crippen molar-refractivity contribution in [3.63, 3.8) is 0 Å². The van der Waals surface area contributed by atoms with Gasteiger partial charge in [-0.1, -0.05) is 3.89 Å². The van der Waals surface area contributed by atoms with E-state index < -0.39 is 22.5 Å². The Balaban J connectivity index is 2.08. The van der Waals surface area contributed by atoms with E-state index >= 15 is 0 Å². The highest BCUT2D eigenvalue weighted by Crippen LogP contribution is 2.29. The molecule has 1 atom stereocenters. The van der Waals surface area contributed by atoms with E-state index in [1.54, 1.807) is 6.92 Å². The summed E-state index contributed by atoms with van der Waals surface area (Å²) in [7, 11) is -5.15. The van der Waals surface area contributed by atoms with Gasteiger partial charge in [-0.05, 0) is 25.5 Å². The molecular formula is C13H12FN3O5S. The van der Waals surface area contributed by atoms with Crippen LogP contribution in [0.1, 0.15) is 24.6 Å². The molecule has 1 fully saturated rings. The second kappa shape index (κ2) is 5.30. The summed E-state index contributed by atoms with van der Waals surface area (Å²) >= 11 is 0. The molecule has 1 aliphatic heterocycles. The van der Waals surface area contributed by atoms with Gasteiger partial charge in [-0.25, -0.2) is 0 Å². The van der Waals surface area contributed by atoms with E-state index in [1.807, 2.05) is 0 Å². The summed E-state index contributed by atoms with van der Waals surface area (Å²) < 4.78 is 39.5. The third-order valence-corrected chi connectivity index (χ3v) is 3.96. The van der Waals surface area contributed by atoms with Gasteiger partial charge in [0.1, 0.15) is 11.8 Å². The number of hydrogen-bond donors (Lipinski definition) is 1. The Kier molecular flexibility index (Phi) is 3.55. The van der Waals surface area contributed by atoms with Gasteiger partial charge in [-0.15, -0.1) is 0 Å². The fourth-order valence-corrected chi connectivity index (χ4v) is 2.93. The van der Waals surface area contributed by atoms with Gasteiger partial charge in [0.15, 0.2) is 0 Å². The molecule has 0 bridgehead atoms. The van der Waals surface area contributed by atoms with Gasteiger partial charge in [0.25, 0.3) is 5.91 Å². The lowest BCUT2D eigenvalue weighted by atomic mass is 10.1. The minimum atomic E-state index is -5.15. The van der Waals surface area contributed by atoms with Crippen LogP contribution in [0.4, 0.5) is 3.89 Å². The summed E-state index contributed by atoms with van der Waals surface area (Å²) in [5.74, 6) is -1.07. The Hall–Kier alpha value is -2.49. The molecule has 1 N–H and O–H groups in total. The number of carbonyl (C=O) groups is 2. The smallest absolute Gasteiger partial charge is 0.358 e. The number of rotatable bonds is 3. The molecule has 1 aliphatic rings. The Labute approximate surface area is 130 Å². The van der Waals surface area contributed by atoms with Crippen LogP contribution in [-0.2, 0) is 20.1 Å². The van der Waals surface area contributed by atoms with E-state index in [1.165, 1.54) is 22.9 Å². The van der Waals surface area contributed by atoms with Crippen molar-refractivity contribution in [2.75, 3.05) is 0 Å². The summed E-state index contributed by atoms with van der Waals surface area (Å²) in [5, 5.41) is 7.17. The molecule has 8 nitrogen and oxygen atoms in total. The maximum absolute atomic E-state index is 12.7. The average Bonchev–Trinajstić information content (AvgIpc) is 2.74. The average molecular weight is 341 g/mol. The molecule has 2 heterocycles. The van der Waals surface area contributed by atoms with Crippen LogP contribution in [0.25, 0.3) is 10.9 Å². The van der Waals surface area contributed by atoms with Crippen molar-refractivity contribution in [1.82, 2.24) is 15.1 Å². The molecule has 2 amide bonds. The van der Waals surface area contributed by atoms with Crippen molar-refractivity contribution >= 4 is 33.2 Å². The largest absolute Gasteiger partial charge is 0.488 e. The van der Waals surface area contributed by atoms with Crippen molar-refractivity contribution in [1.29, 1.82) is 0 Å². The van der Waals surface area contributed by atoms with Crippen LogP contribution in [0.5, 0.6) is 5.75 Å². The Bertz CT molecular complexity index is 921. The molecule has 1 unspecified atom stereocenters. The topological polar surface area (TPSA) is 107 Å². The molecule has 10 heteroatoms. The predicted octanol–water partition coefficient (Wildman–Crippen LogP) is 0.916. The van der Waals surface area contributed by atoms with E-state index in [0.29, 0.717) is 16.6 Å². The first-order chi connectivity index (χ1) is 10.7. The van der Waals surface area contributed by atoms with Crippen LogP contribution in [-0.4, -0.2) is 30.0 Å². The number of imide groups is 1. The Morgan fingerprint density at radius 1 is 1.39 bits per heavy atom. The SMILES string of the molecule is Cc1nn(C2CCC(=O)NC2=O)c2cc(OS(=O)(=O)F)ccc12. The number of hydrogen-bond acceptors (Lipinski definition) is 6. The third kappa shape index (κ3) is 3.02. The molecule has 0 saturated carbocycles. The summed E-state index contributed by atoms with van der Waals surface area (Å²) in [4.78, 5) is 23.2. The first-order valence-corrected chi connectivity index (χ1v) is 8.02. The zero-order chi connectivity index (χ0) is 16.8. The first kappa shape index (κ1) is 15.4. The van der Waals surface area contributed by atoms with E-state index in [-0.39, 0.29) is 24.5 Å². The van der Waals surface area contributed by atoms with Crippen LogP contribution in [0.15, 0.2) is 18.2 Å². The molecule has 0 aliphatic carbocycles. The van der Waals surface area contributed by atoms with E-state index in [4.69, 9.17) is 0 Å². The number of aryl methyl sites for hydroxylation is 1. The van der Waals surface area contributed by atoms with E-state index in [2.05, 4.69) is 14.6 Å². The van der Waals surface area contributed by atoms with Crippen molar-refractivity contribution in [3.8, 4) is 5.75 Å². The lowest BCUT2D eigenvalue weighted by Gasteiger charge is -2.21. The molecule has 122 valence electrons. The van der Waals surface area contributed by atoms with Crippen LogP contribution >= 0.6 is 0 Å². The summed E-state index contributed by atoms with van der Waals surface area (Å²) in [5.41, 5.74) is 1.03.